The van der Waals surface area contributed by atoms with Gasteiger partial charge < -0.3 is 15.2 Å². The Morgan fingerprint density at radius 2 is 2.24 bits per heavy atom. The first-order valence-electron chi connectivity index (χ1n) is 5.83. The van der Waals surface area contributed by atoms with Crippen LogP contribution in [0.5, 0.6) is 0 Å². The van der Waals surface area contributed by atoms with Gasteiger partial charge in [-0.05, 0) is 47.8 Å². The van der Waals surface area contributed by atoms with E-state index >= 15 is 0 Å². The molecule has 0 spiro atoms. The molecule has 0 saturated carbocycles. The van der Waals surface area contributed by atoms with Gasteiger partial charge in [0.15, 0.2) is 0 Å². The second-order valence-corrected chi connectivity index (χ2v) is 5.24. The number of nitrogens with one attached hydrogen (secondary N) is 2. The van der Waals surface area contributed by atoms with Crippen LogP contribution in [0.15, 0.2) is 15.6 Å². The van der Waals surface area contributed by atoms with Gasteiger partial charge >= 0.3 is 0 Å². The number of halogens is 1. The van der Waals surface area contributed by atoms with E-state index in [0.29, 0.717) is 16.2 Å². The lowest BCUT2D eigenvalue weighted by molar-refractivity contribution is 0.377. The van der Waals surface area contributed by atoms with Gasteiger partial charge in [-0.1, -0.05) is 0 Å². The van der Waals surface area contributed by atoms with Crippen LogP contribution < -0.4 is 15.8 Å². The van der Waals surface area contributed by atoms with Crippen molar-refractivity contribution < 1.29 is 0 Å². The highest BCUT2D eigenvalue weighted by Crippen LogP contribution is 2.21. The van der Waals surface area contributed by atoms with Crippen LogP contribution in [0.25, 0.3) is 0 Å². The zero-order valence-electron chi connectivity index (χ0n) is 9.87. The number of aromatic amines is 1. The number of aromatic nitrogens is 2. The first-order valence-corrected chi connectivity index (χ1v) is 6.63. The third kappa shape index (κ3) is 3.07. The van der Waals surface area contributed by atoms with Crippen molar-refractivity contribution in [2.75, 3.05) is 31.6 Å². The molecular formula is C11H17BrN4O. The third-order valence-corrected chi connectivity index (χ3v) is 3.85. The first-order chi connectivity index (χ1) is 8.18. The maximum atomic E-state index is 11.5. The summed E-state index contributed by atoms with van der Waals surface area (Å²) in [6.45, 7) is 3.11. The minimum absolute atomic E-state index is 0.132. The Balaban J connectivity index is 2.06. The standard InChI is InChI=1S/C11H17BrN4O/c1-16(6-8-2-4-13-5-3-8)10-9(12)11(17)15-7-14-10/h7-8,13H,2-6H2,1H3,(H,14,15,17). The van der Waals surface area contributed by atoms with Crippen LogP contribution in [0.3, 0.4) is 0 Å². The van der Waals surface area contributed by atoms with Crippen LogP contribution in [0.4, 0.5) is 5.82 Å². The summed E-state index contributed by atoms with van der Waals surface area (Å²) in [4.78, 5) is 20.3. The number of hydrogen-bond donors (Lipinski definition) is 2. The smallest absolute Gasteiger partial charge is 0.267 e. The quantitative estimate of drug-likeness (QED) is 0.873. The van der Waals surface area contributed by atoms with E-state index in [4.69, 9.17) is 0 Å². The van der Waals surface area contributed by atoms with Crippen LogP contribution in [-0.4, -0.2) is 36.6 Å². The molecule has 1 aromatic rings. The lowest BCUT2D eigenvalue weighted by Crippen LogP contribution is -2.35. The van der Waals surface area contributed by atoms with Gasteiger partial charge in [-0.15, -0.1) is 0 Å². The highest BCUT2D eigenvalue weighted by Gasteiger charge is 2.17. The molecule has 1 aromatic heterocycles. The Hall–Kier alpha value is -0.880. The van der Waals surface area contributed by atoms with Crippen LogP contribution in [0.2, 0.25) is 0 Å². The molecule has 0 atom stereocenters. The van der Waals surface area contributed by atoms with Gasteiger partial charge in [0, 0.05) is 13.6 Å². The van der Waals surface area contributed by atoms with Crippen molar-refractivity contribution in [1.29, 1.82) is 0 Å². The van der Waals surface area contributed by atoms with E-state index in [0.717, 1.165) is 19.6 Å². The van der Waals surface area contributed by atoms with E-state index in [1.807, 2.05) is 7.05 Å². The summed E-state index contributed by atoms with van der Waals surface area (Å²) in [5, 5.41) is 3.35. The summed E-state index contributed by atoms with van der Waals surface area (Å²) in [6.07, 6.45) is 3.82. The van der Waals surface area contributed by atoms with Crippen molar-refractivity contribution in [2.45, 2.75) is 12.8 Å². The fourth-order valence-electron chi connectivity index (χ4n) is 2.18. The third-order valence-electron chi connectivity index (χ3n) is 3.13. The van der Waals surface area contributed by atoms with Crippen molar-refractivity contribution in [3.8, 4) is 0 Å². The molecule has 2 heterocycles. The molecule has 0 amide bonds. The van der Waals surface area contributed by atoms with Gasteiger partial charge in [-0.25, -0.2) is 4.98 Å². The Labute approximate surface area is 109 Å². The SMILES string of the molecule is CN(CC1CCNCC1)c1nc[nH]c(=O)c1Br. The largest absolute Gasteiger partial charge is 0.358 e. The van der Waals surface area contributed by atoms with Crippen molar-refractivity contribution >= 4 is 21.7 Å². The highest BCUT2D eigenvalue weighted by molar-refractivity contribution is 9.10. The average molecular weight is 301 g/mol. The molecule has 0 unspecified atom stereocenters. The van der Waals surface area contributed by atoms with Crippen molar-refractivity contribution in [1.82, 2.24) is 15.3 Å². The fourth-order valence-corrected chi connectivity index (χ4v) is 2.70. The second-order valence-electron chi connectivity index (χ2n) is 4.44. The molecule has 1 aliphatic rings. The summed E-state index contributed by atoms with van der Waals surface area (Å²) in [5.41, 5.74) is -0.132. The molecule has 0 radical (unpaired) electrons. The van der Waals surface area contributed by atoms with E-state index in [-0.39, 0.29) is 5.56 Å². The van der Waals surface area contributed by atoms with Crippen molar-refractivity contribution in [2.24, 2.45) is 5.92 Å². The summed E-state index contributed by atoms with van der Waals surface area (Å²) >= 11 is 3.29. The number of rotatable bonds is 3. The fraction of sp³-hybridized carbons (Fsp3) is 0.636. The van der Waals surface area contributed by atoms with Crippen LogP contribution in [0.1, 0.15) is 12.8 Å². The molecule has 2 N–H and O–H groups in total. The normalized spacial score (nSPS) is 17.1. The van der Waals surface area contributed by atoms with Crippen LogP contribution in [-0.2, 0) is 0 Å². The van der Waals surface area contributed by atoms with Gasteiger partial charge in [0.1, 0.15) is 10.3 Å². The molecule has 0 aromatic carbocycles. The van der Waals surface area contributed by atoms with Crippen molar-refractivity contribution in [3.05, 3.63) is 21.2 Å². The average Bonchev–Trinajstić information content (AvgIpc) is 2.34. The minimum atomic E-state index is -0.132. The Kier molecular flexibility index (Phi) is 4.17. The van der Waals surface area contributed by atoms with Gasteiger partial charge in [-0.3, -0.25) is 4.79 Å². The number of piperidine rings is 1. The summed E-state index contributed by atoms with van der Waals surface area (Å²) in [6, 6.07) is 0. The first kappa shape index (κ1) is 12.6. The zero-order chi connectivity index (χ0) is 12.3. The maximum absolute atomic E-state index is 11.5. The summed E-state index contributed by atoms with van der Waals surface area (Å²) in [5.74, 6) is 1.39. The van der Waals surface area contributed by atoms with Gasteiger partial charge in [0.2, 0.25) is 0 Å². The van der Waals surface area contributed by atoms with Gasteiger partial charge in [0.25, 0.3) is 5.56 Å². The second kappa shape index (κ2) is 5.64. The molecular weight excluding hydrogens is 284 g/mol. The molecule has 17 heavy (non-hydrogen) atoms. The molecule has 0 bridgehead atoms. The highest BCUT2D eigenvalue weighted by atomic mass is 79.9. The van der Waals surface area contributed by atoms with E-state index in [1.165, 1.54) is 19.2 Å². The number of anilines is 1. The van der Waals surface area contributed by atoms with Gasteiger partial charge in [-0.2, -0.15) is 0 Å². The van der Waals surface area contributed by atoms with E-state index in [1.54, 1.807) is 0 Å². The molecule has 1 fully saturated rings. The molecule has 0 aliphatic carbocycles. The number of hydrogen-bond acceptors (Lipinski definition) is 4. The lowest BCUT2D eigenvalue weighted by atomic mass is 9.98. The van der Waals surface area contributed by atoms with E-state index in [2.05, 4.69) is 36.1 Å². The molecule has 1 aliphatic heterocycles. The van der Waals surface area contributed by atoms with Gasteiger partial charge in [0.05, 0.1) is 6.33 Å². The molecule has 1 saturated heterocycles. The topological polar surface area (TPSA) is 61.0 Å². The molecule has 2 rings (SSSR count). The summed E-state index contributed by atoms with van der Waals surface area (Å²) in [7, 11) is 1.98. The van der Waals surface area contributed by atoms with Crippen LogP contribution in [0, 0.1) is 5.92 Å². The maximum Gasteiger partial charge on any atom is 0.267 e. The Morgan fingerprint density at radius 1 is 1.53 bits per heavy atom. The Morgan fingerprint density at radius 3 is 2.94 bits per heavy atom. The summed E-state index contributed by atoms with van der Waals surface area (Å²) < 4.78 is 0.511. The molecule has 5 nitrogen and oxygen atoms in total. The van der Waals surface area contributed by atoms with Crippen molar-refractivity contribution in [3.63, 3.8) is 0 Å². The predicted molar refractivity (Wildman–Crippen MR) is 71.4 cm³/mol. The van der Waals surface area contributed by atoms with E-state index in [9.17, 15) is 4.79 Å². The Bertz CT molecular complexity index is 428. The zero-order valence-corrected chi connectivity index (χ0v) is 11.5. The number of H-pyrrole nitrogens is 1. The lowest BCUT2D eigenvalue weighted by Gasteiger charge is -2.28. The van der Waals surface area contributed by atoms with E-state index < -0.39 is 0 Å². The molecule has 6 heteroatoms. The number of nitrogens with zero attached hydrogens (tertiary/aromatic N) is 2. The monoisotopic (exact) mass is 300 g/mol. The van der Waals surface area contributed by atoms with Crippen LogP contribution >= 0.6 is 15.9 Å². The molecule has 94 valence electrons. The minimum Gasteiger partial charge on any atom is -0.358 e. The predicted octanol–water partition coefficient (Wildman–Crippen LogP) is 0.968.